The van der Waals surface area contributed by atoms with Crippen LogP contribution in [0.2, 0.25) is 0 Å². The molecular formula is C20H31NO5. The molecule has 6 heteroatoms. The van der Waals surface area contributed by atoms with Gasteiger partial charge in [-0.3, -0.25) is 4.90 Å². The van der Waals surface area contributed by atoms with Crippen LogP contribution in [0.25, 0.3) is 0 Å². The Morgan fingerprint density at radius 1 is 1.15 bits per heavy atom. The van der Waals surface area contributed by atoms with Gasteiger partial charge in [-0.15, -0.1) is 0 Å². The summed E-state index contributed by atoms with van der Waals surface area (Å²) < 4.78 is 22.6. The third-order valence-electron chi connectivity index (χ3n) is 5.93. The molecule has 1 heterocycles. The van der Waals surface area contributed by atoms with Crippen LogP contribution in [0, 0.1) is 0 Å². The molecule has 1 saturated carbocycles. The van der Waals surface area contributed by atoms with Gasteiger partial charge in [-0.1, -0.05) is 6.07 Å². The van der Waals surface area contributed by atoms with Gasteiger partial charge in [0.15, 0.2) is 11.5 Å². The summed E-state index contributed by atoms with van der Waals surface area (Å²) in [5.41, 5.74) is 1.13. The van der Waals surface area contributed by atoms with Crippen molar-refractivity contribution < 1.29 is 24.1 Å². The van der Waals surface area contributed by atoms with Crippen molar-refractivity contribution >= 4 is 0 Å². The van der Waals surface area contributed by atoms with Gasteiger partial charge in [-0.05, 0) is 43.4 Å². The van der Waals surface area contributed by atoms with Crippen LogP contribution in [-0.4, -0.2) is 68.8 Å². The number of nitrogens with zero attached hydrogens (tertiary/aromatic N) is 1. The lowest BCUT2D eigenvalue weighted by Crippen LogP contribution is -2.51. The van der Waals surface area contributed by atoms with Gasteiger partial charge >= 0.3 is 0 Å². The Kier molecular flexibility index (Phi) is 6.40. The van der Waals surface area contributed by atoms with E-state index in [1.165, 1.54) is 5.56 Å². The van der Waals surface area contributed by atoms with Crippen LogP contribution in [-0.2, 0) is 16.0 Å². The molecule has 2 fully saturated rings. The quantitative estimate of drug-likeness (QED) is 0.762. The molecule has 1 N–H and O–H groups in total. The van der Waals surface area contributed by atoms with Crippen molar-refractivity contribution in [3.8, 4) is 11.5 Å². The Bertz CT molecular complexity index is 596. The molecule has 146 valence electrons. The normalized spacial score (nSPS) is 28.8. The topological polar surface area (TPSA) is 60.4 Å². The number of hydrogen-bond acceptors (Lipinski definition) is 6. The third kappa shape index (κ3) is 3.83. The van der Waals surface area contributed by atoms with E-state index in [0.29, 0.717) is 12.6 Å². The van der Waals surface area contributed by atoms with E-state index in [4.69, 9.17) is 24.1 Å². The van der Waals surface area contributed by atoms with Gasteiger partial charge in [0.05, 0.1) is 39.1 Å². The molecule has 6 nitrogen and oxygen atoms in total. The number of methoxy groups -OCH3 is 3. The smallest absolute Gasteiger partial charge is 0.161 e. The molecule has 0 aromatic heterocycles. The zero-order valence-electron chi connectivity index (χ0n) is 16.1. The van der Waals surface area contributed by atoms with Crippen LogP contribution in [0.15, 0.2) is 18.2 Å². The Morgan fingerprint density at radius 3 is 2.65 bits per heavy atom. The summed E-state index contributed by atoms with van der Waals surface area (Å²) in [6.45, 7) is 2.35. The predicted octanol–water partition coefficient (Wildman–Crippen LogP) is 2.22. The van der Waals surface area contributed by atoms with Crippen LogP contribution in [0.4, 0.5) is 0 Å². The van der Waals surface area contributed by atoms with Gasteiger partial charge in [0.1, 0.15) is 0 Å². The fourth-order valence-corrected chi connectivity index (χ4v) is 4.53. The maximum Gasteiger partial charge on any atom is 0.161 e. The summed E-state index contributed by atoms with van der Waals surface area (Å²) in [7, 11) is 5.15. The Morgan fingerprint density at radius 2 is 1.96 bits per heavy atom. The van der Waals surface area contributed by atoms with Crippen LogP contribution in [0.3, 0.4) is 0 Å². The van der Waals surface area contributed by atoms with Crippen molar-refractivity contribution in [2.24, 2.45) is 0 Å². The molecule has 1 saturated heterocycles. The lowest BCUT2D eigenvalue weighted by Gasteiger charge is -2.43. The minimum Gasteiger partial charge on any atom is -0.493 e. The Balaban J connectivity index is 1.73. The molecule has 3 rings (SSSR count). The molecule has 2 aliphatic rings. The van der Waals surface area contributed by atoms with Crippen molar-refractivity contribution in [3.63, 3.8) is 0 Å². The zero-order chi connectivity index (χ0) is 18.6. The van der Waals surface area contributed by atoms with Crippen molar-refractivity contribution in [3.05, 3.63) is 23.8 Å². The average molecular weight is 365 g/mol. The summed E-state index contributed by atoms with van der Waals surface area (Å²) in [5.74, 6) is 1.51. The monoisotopic (exact) mass is 365 g/mol. The minimum absolute atomic E-state index is 0.0738. The number of rotatable bonds is 8. The summed E-state index contributed by atoms with van der Waals surface area (Å²) in [6, 6.07) is 6.44. The van der Waals surface area contributed by atoms with E-state index in [9.17, 15) is 0 Å². The largest absolute Gasteiger partial charge is 0.493 e. The van der Waals surface area contributed by atoms with Crippen LogP contribution in [0.5, 0.6) is 11.5 Å². The molecule has 1 aliphatic heterocycles. The van der Waals surface area contributed by atoms with E-state index in [2.05, 4.69) is 11.0 Å². The van der Waals surface area contributed by atoms with E-state index in [-0.39, 0.29) is 18.3 Å². The molecule has 1 aromatic carbocycles. The number of benzene rings is 1. The maximum atomic E-state index is 9.04. The fourth-order valence-electron chi connectivity index (χ4n) is 4.53. The summed E-state index contributed by atoms with van der Waals surface area (Å²) >= 11 is 0. The first-order chi connectivity index (χ1) is 12.7. The Hall–Kier alpha value is -1.34. The minimum atomic E-state index is -0.0738. The second-order valence-electron chi connectivity index (χ2n) is 7.19. The molecule has 0 radical (unpaired) electrons. The molecule has 0 bridgehead atoms. The van der Waals surface area contributed by atoms with Crippen LogP contribution in [0.1, 0.15) is 31.2 Å². The van der Waals surface area contributed by atoms with Crippen LogP contribution >= 0.6 is 0 Å². The number of aliphatic hydroxyl groups is 1. The number of fused-ring (bicyclic) bond motifs is 1. The van der Waals surface area contributed by atoms with E-state index in [0.717, 1.165) is 50.3 Å². The third-order valence-corrected chi connectivity index (χ3v) is 5.93. The van der Waals surface area contributed by atoms with Gasteiger partial charge in [0.2, 0.25) is 0 Å². The van der Waals surface area contributed by atoms with E-state index in [1.807, 2.05) is 19.2 Å². The standard InChI is InChI=1S/C20H31NO5/c1-23-17-5-4-15(12-18(17)24-2)14-21-9-8-20(25-3)7-6-16(13-19(20)21)26-11-10-22/h4-5,12,16,19,22H,6-11,13-14H2,1-3H3/t16-,19+,20-/m1/s1. The highest BCUT2D eigenvalue weighted by atomic mass is 16.5. The number of likely N-dealkylation sites (tertiary alicyclic amines) is 1. The number of aliphatic hydroxyl groups excluding tert-OH is 1. The van der Waals surface area contributed by atoms with Gasteiger partial charge in [-0.2, -0.15) is 0 Å². The summed E-state index contributed by atoms with van der Waals surface area (Å²) in [4.78, 5) is 2.50. The summed E-state index contributed by atoms with van der Waals surface area (Å²) in [5, 5.41) is 9.04. The average Bonchev–Trinajstić information content (AvgIpc) is 3.04. The van der Waals surface area contributed by atoms with Gasteiger partial charge < -0.3 is 24.1 Å². The summed E-state index contributed by atoms with van der Waals surface area (Å²) in [6.07, 6.45) is 4.19. The highest BCUT2D eigenvalue weighted by Gasteiger charge is 2.51. The van der Waals surface area contributed by atoms with Gasteiger partial charge in [-0.25, -0.2) is 0 Å². The molecule has 0 spiro atoms. The molecule has 3 atom stereocenters. The highest BCUT2D eigenvalue weighted by Crippen LogP contribution is 2.44. The maximum absolute atomic E-state index is 9.04. The lowest BCUT2D eigenvalue weighted by atomic mass is 9.79. The molecule has 0 amide bonds. The molecular weight excluding hydrogens is 334 g/mol. The van der Waals surface area contributed by atoms with Crippen molar-refractivity contribution in [1.29, 1.82) is 0 Å². The van der Waals surface area contributed by atoms with Crippen molar-refractivity contribution in [1.82, 2.24) is 4.90 Å². The first kappa shape index (κ1) is 19.4. The SMILES string of the molecule is COc1ccc(CN2CC[C@]3(OC)CC[C@@H](OCCO)C[C@H]23)cc1OC. The van der Waals surface area contributed by atoms with Gasteiger partial charge in [0, 0.05) is 26.2 Å². The predicted molar refractivity (Wildman–Crippen MR) is 98.8 cm³/mol. The van der Waals surface area contributed by atoms with Crippen molar-refractivity contribution in [2.45, 2.75) is 50.0 Å². The fraction of sp³-hybridized carbons (Fsp3) is 0.700. The van der Waals surface area contributed by atoms with E-state index in [1.54, 1.807) is 14.2 Å². The van der Waals surface area contributed by atoms with E-state index < -0.39 is 0 Å². The first-order valence-corrected chi connectivity index (χ1v) is 9.38. The first-order valence-electron chi connectivity index (χ1n) is 9.38. The highest BCUT2D eigenvalue weighted by molar-refractivity contribution is 5.42. The Labute approximate surface area is 156 Å². The zero-order valence-corrected chi connectivity index (χ0v) is 16.1. The second kappa shape index (κ2) is 8.57. The van der Waals surface area contributed by atoms with Crippen molar-refractivity contribution in [2.75, 3.05) is 41.1 Å². The lowest BCUT2D eigenvalue weighted by molar-refractivity contribution is -0.104. The second-order valence-corrected chi connectivity index (χ2v) is 7.19. The molecule has 0 unspecified atom stereocenters. The van der Waals surface area contributed by atoms with Gasteiger partial charge in [0.25, 0.3) is 0 Å². The number of hydrogen-bond donors (Lipinski definition) is 1. The molecule has 26 heavy (non-hydrogen) atoms. The number of ether oxygens (including phenoxy) is 4. The van der Waals surface area contributed by atoms with E-state index >= 15 is 0 Å². The molecule has 1 aliphatic carbocycles. The molecule has 1 aromatic rings. The van der Waals surface area contributed by atoms with Crippen LogP contribution < -0.4 is 9.47 Å².